The zero-order valence-electron chi connectivity index (χ0n) is 7.28. The van der Waals surface area contributed by atoms with E-state index in [4.69, 9.17) is 5.11 Å². The highest BCUT2D eigenvalue weighted by molar-refractivity contribution is 5.50. The van der Waals surface area contributed by atoms with Crippen LogP contribution in [0.3, 0.4) is 0 Å². The number of fused-ring (bicyclic) bond motifs is 2. The van der Waals surface area contributed by atoms with Gasteiger partial charge in [0.1, 0.15) is 6.29 Å². The van der Waals surface area contributed by atoms with E-state index >= 15 is 0 Å². The Labute approximate surface area is 73.0 Å². The van der Waals surface area contributed by atoms with E-state index in [0.29, 0.717) is 24.9 Å². The monoisotopic (exact) mass is 168 g/mol. The van der Waals surface area contributed by atoms with Gasteiger partial charge in [-0.2, -0.15) is 0 Å². The molecule has 12 heavy (non-hydrogen) atoms. The maximum Gasteiger partial charge on any atom is 0.120 e. The van der Waals surface area contributed by atoms with Crippen LogP contribution < -0.4 is 0 Å². The lowest BCUT2D eigenvalue weighted by Gasteiger charge is -2.27. The number of aldehydes is 1. The largest absolute Gasteiger partial charge is 0.396 e. The summed E-state index contributed by atoms with van der Waals surface area (Å²) in [5.41, 5.74) is 0. The van der Waals surface area contributed by atoms with Crippen LogP contribution in [0, 0.1) is 23.7 Å². The van der Waals surface area contributed by atoms with Crippen molar-refractivity contribution in [3.63, 3.8) is 0 Å². The van der Waals surface area contributed by atoms with E-state index in [9.17, 15) is 4.79 Å². The molecule has 0 heterocycles. The molecule has 2 heteroatoms. The summed E-state index contributed by atoms with van der Waals surface area (Å²) in [6.07, 6.45) is 5.54. The van der Waals surface area contributed by atoms with Gasteiger partial charge in [0, 0.05) is 13.0 Å². The summed E-state index contributed by atoms with van der Waals surface area (Å²) in [4.78, 5) is 10.4. The first kappa shape index (κ1) is 8.24. The maximum absolute atomic E-state index is 10.4. The molecule has 0 aromatic heterocycles. The van der Waals surface area contributed by atoms with Gasteiger partial charge in [0.2, 0.25) is 0 Å². The van der Waals surface area contributed by atoms with Crippen molar-refractivity contribution in [1.29, 1.82) is 0 Å². The van der Waals surface area contributed by atoms with Crippen molar-refractivity contribution in [2.24, 2.45) is 23.7 Å². The first-order valence-corrected chi connectivity index (χ1v) is 4.91. The molecule has 0 aliphatic heterocycles. The Morgan fingerprint density at radius 2 is 1.92 bits per heavy atom. The van der Waals surface area contributed by atoms with E-state index in [2.05, 4.69) is 0 Å². The molecule has 2 aliphatic carbocycles. The summed E-state index contributed by atoms with van der Waals surface area (Å²) in [6.45, 7) is 0.291. The van der Waals surface area contributed by atoms with Gasteiger partial charge < -0.3 is 9.90 Å². The standard InChI is InChI=1S/C10H16O2/c11-4-3-9-7-1-2-8(5-7)10(9)6-12/h4,7-10,12H,1-3,5-6H2/t7-,8+,9-,10-/m1/s1. The zero-order chi connectivity index (χ0) is 8.55. The Kier molecular flexibility index (Phi) is 2.18. The number of rotatable bonds is 3. The molecule has 4 atom stereocenters. The number of aliphatic hydroxyl groups excluding tert-OH is 1. The van der Waals surface area contributed by atoms with Crippen LogP contribution in [-0.4, -0.2) is 18.0 Å². The smallest absolute Gasteiger partial charge is 0.120 e. The van der Waals surface area contributed by atoms with E-state index in [1.807, 2.05) is 0 Å². The van der Waals surface area contributed by atoms with E-state index in [1.165, 1.54) is 19.3 Å². The Hall–Kier alpha value is -0.370. The van der Waals surface area contributed by atoms with Crippen LogP contribution in [0.1, 0.15) is 25.7 Å². The molecule has 2 bridgehead atoms. The minimum Gasteiger partial charge on any atom is -0.396 e. The Morgan fingerprint density at radius 3 is 2.50 bits per heavy atom. The average molecular weight is 168 g/mol. The zero-order valence-corrected chi connectivity index (χ0v) is 7.28. The molecular formula is C10H16O2. The van der Waals surface area contributed by atoms with Crippen molar-refractivity contribution < 1.29 is 9.90 Å². The summed E-state index contributed by atoms with van der Waals surface area (Å²) >= 11 is 0. The minimum absolute atomic E-state index is 0.291. The van der Waals surface area contributed by atoms with Crippen LogP contribution in [0.2, 0.25) is 0 Å². The SMILES string of the molecule is O=CC[C@@H]1[C@@H]2CC[C@@H](C2)[C@H]1CO. The lowest BCUT2D eigenvalue weighted by Crippen LogP contribution is -2.25. The predicted octanol–water partition coefficient (Wildman–Crippen LogP) is 1.23. The van der Waals surface area contributed by atoms with Crippen LogP contribution in [0.25, 0.3) is 0 Å². The highest BCUT2D eigenvalue weighted by atomic mass is 16.3. The van der Waals surface area contributed by atoms with E-state index in [1.54, 1.807) is 0 Å². The van der Waals surface area contributed by atoms with Gasteiger partial charge in [0.05, 0.1) is 0 Å². The average Bonchev–Trinajstić information content (AvgIpc) is 2.64. The first-order valence-electron chi connectivity index (χ1n) is 4.91. The third-order valence-electron chi connectivity index (χ3n) is 3.85. The molecule has 0 aromatic carbocycles. The third kappa shape index (κ3) is 1.09. The summed E-state index contributed by atoms with van der Waals surface area (Å²) in [5, 5.41) is 9.17. The first-order chi connectivity index (χ1) is 5.86. The molecule has 2 nitrogen and oxygen atoms in total. The van der Waals surface area contributed by atoms with E-state index in [0.717, 1.165) is 18.1 Å². The Balaban J connectivity index is 2.05. The normalized spacial score (nSPS) is 45.1. The van der Waals surface area contributed by atoms with Gasteiger partial charge in [-0.1, -0.05) is 0 Å². The molecule has 2 fully saturated rings. The summed E-state index contributed by atoms with van der Waals surface area (Å²) < 4.78 is 0. The van der Waals surface area contributed by atoms with Gasteiger partial charge in [-0.25, -0.2) is 0 Å². The molecule has 0 amide bonds. The molecule has 2 saturated carbocycles. The van der Waals surface area contributed by atoms with Crippen LogP contribution in [-0.2, 0) is 4.79 Å². The van der Waals surface area contributed by atoms with Gasteiger partial charge in [0.25, 0.3) is 0 Å². The van der Waals surface area contributed by atoms with E-state index in [-0.39, 0.29) is 0 Å². The van der Waals surface area contributed by atoms with Crippen molar-refractivity contribution in [1.82, 2.24) is 0 Å². The molecule has 0 radical (unpaired) electrons. The van der Waals surface area contributed by atoms with Gasteiger partial charge in [-0.3, -0.25) is 0 Å². The molecular weight excluding hydrogens is 152 g/mol. The molecule has 1 N–H and O–H groups in total. The second-order valence-corrected chi connectivity index (χ2v) is 4.25. The van der Waals surface area contributed by atoms with Crippen molar-refractivity contribution >= 4 is 6.29 Å². The van der Waals surface area contributed by atoms with Crippen LogP contribution >= 0.6 is 0 Å². The number of hydrogen-bond acceptors (Lipinski definition) is 2. The van der Waals surface area contributed by atoms with Crippen molar-refractivity contribution in [2.75, 3.05) is 6.61 Å². The van der Waals surface area contributed by atoms with Gasteiger partial charge in [-0.15, -0.1) is 0 Å². The molecule has 68 valence electrons. The van der Waals surface area contributed by atoms with Crippen LogP contribution in [0.4, 0.5) is 0 Å². The fourth-order valence-corrected chi connectivity index (χ4v) is 3.29. The highest BCUT2D eigenvalue weighted by Gasteiger charge is 2.46. The second kappa shape index (κ2) is 3.17. The number of carbonyl (C=O) groups excluding carboxylic acids is 1. The topological polar surface area (TPSA) is 37.3 Å². The second-order valence-electron chi connectivity index (χ2n) is 4.25. The number of carbonyl (C=O) groups is 1. The molecule has 0 saturated heterocycles. The van der Waals surface area contributed by atoms with Crippen molar-refractivity contribution in [3.05, 3.63) is 0 Å². The van der Waals surface area contributed by atoms with Crippen LogP contribution in [0.5, 0.6) is 0 Å². The summed E-state index contributed by atoms with van der Waals surface area (Å²) in [6, 6.07) is 0. The van der Waals surface area contributed by atoms with Gasteiger partial charge >= 0.3 is 0 Å². The van der Waals surface area contributed by atoms with E-state index < -0.39 is 0 Å². The van der Waals surface area contributed by atoms with Gasteiger partial charge in [0.15, 0.2) is 0 Å². The molecule has 2 aliphatic rings. The van der Waals surface area contributed by atoms with Crippen LogP contribution in [0.15, 0.2) is 0 Å². The highest BCUT2D eigenvalue weighted by Crippen LogP contribution is 2.52. The maximum atomic E-state index is 10.4. The lowest BCUT2D eigenvalue weighted by atomic mass is 9.78. The summed E-state index contributed by atoms with van der Waals surface area (Å²) in [5.74, 6) is 2.42. The van der Waals surface area contributed by atoms with Gasteiger partial charge in [-0.05, 0) is 42.9 Å². The Morgan fingerprint density at radius 1 is 1.25 bits per heavy atom. The van der Waals surface area contributed by atoms with Crippen molar-refractivity contribution in [3.8, 4) is 0 Å². The fraction of sp³-hybridized carbons (Fsp3) is 0.900. The molecule has 0 aromatic rings. The molecule has 0 spiro atoms. The predicted molar refractivity (Wildman–Crippen MR) is 45.6 cm³/mol. The Bertz CT molecular complexity index is 179. The quantitative estimate of drug-likeness (QED) is 0.643. The molecule has 0 unspecified atom stereocenters. The minimum atomic E-state index is 0.291. The number of aliphatic hydroxyl groups is 1. The summed E-state index contributed by atoms with van der Waals surface area (Å²) in [7, 11) is 0. The molecule has 2 rings (SSSR count). The van der Waals surface area contributed by atoms with Crippen molar-refractivity contribution in [2.45, 2.75) is 25.7 Å². The third-order valence-corrected chi connectivity index (χ3v) is 3.85. The number of hydrogen-bond donors (Lipinski definition) is 1. The fourth-order valence-electron chi connectivity index (χ4n) is 3.29. The lowest BCUT2D eigenvalue weighted by molar-refractivity contribution is -0.109.